The second-order valence-electron chi connectivity index (χ2n) is 10.8. The van der Waals surface area contributed by atoms with Gasteiger partial charge in [-0.15, -0.1) is 0 Å². The second-order valence-corrected chi connectivity index (χ2v) is 10.8. The van der Waals surface area contributed by atoms with Crippen LogP contribution < -0.4 is 16.0 Å². The molecule has 0 bridgehead atoms. The van der Waals surface area contributed by atoms with Crippen molar-refractivity contribution in [2.45, 2.75) is 78.9 Å². The lowest BCUT2D eigenvalue weighted by Crippen LogP contribution is -2.35. The lowest BCUT2D eigenvalue weighted by atomic mass is 9.98. The van der Waals surface area contributed by atoms with Crippen LogP contribution in [0.15, 0.2) is 66.7 Å². The van der Waals surface area contributed by atoms with E-state index in [1.165, 1.54) is 24.6 Å². The minimum atomic E-state index is -0.361. The van der Waals surface area contributed by atoms with Gasteiger partial charge in [-0.1, -0.05) is 65.0 Å². The van der Waals surface area contributed by atoms with E-state index >= 15 is 0 Å². The topological polar surface area (TPSA) is 82.2 Å². The van der Waals surface area contributed by atoms with Gasteiger partial charge in [0.05, 0.1) is 5.71 Å². The third kappa shape index (κ3) is 7.69. The first-order chi connectivity index (χ1) is 18.7. The van der Waals surface area contributed by atoms with Gasteiger partial charge >= 0.3 is 0 Å². The quantitative estimate of drug-likeness (QED) is 0.207. The van der Waals surface area contributed by atoms with Gasteiger partial charge in [-0.25, -0.2) is 4.39 Å². The summed E-state index contributed by atoms with van der Waals surface area (Å²) in [4.78, 5) is 15.2. The van der Waals surface area contributed by atoms with Crippen LogP contribution in [0.1, 0.15) is 87.4 Å². The van der Waals surface area contributed by atoms with Crippen LogP contribution in [0.2, 0.25) is 0 Å². The highest BCUT2D eigenvalue weighted by Crippen LogP contribution is 2.34. The second kappa shape index (κ2) is 13.9. The predicted molar refractivity (Wildman–Crippen MR) is 161 cm³/mol. The van der Waals surface area contributed by atoms with Crippen LogP contribution in [0.3, 0.4) is 0 Å². The van der Waals surface area contributed by atoms with E-state index in [0.717, 1.165) is 24.3 Å². The van der Waals surface area contributed by atoms with Crippen LogP contribution in [0.25, 0.3) is 0 Å². The molecule has 5 nitrogen and oxygen atoms in total. The summed E-state index contributed by atoms with van der Waals surface area (Å²) in [6, 6.07) is 20.4. The molecule has 0 aromatic heterocycles. The first-order valence-electron chi connectivity index (χ1n) is 14.0. The minimum absolute atomic E-state index is 0.0815. The van der Waals surface area contributed by atoms with Crippen LogP contribution in [-0.2, 0) is 6.54 Å². The predicted octanol–water partition coefficient (Wildman–Crippen LogP) is 7.57. The maximum Gasteiger partial charge on any atom is 0.251 e. The molecule has 4 N–H and O–H groups in total. The average Bonchev–Trinajstić information content (AvgIpc) is 3.35. The smallest absolute Gasteiger partial charge is 0.251 e. The van der Waals surface area contributed by atoms with Crippen molar-refractivity contribution in [2.75, 3.05) is 10.6 Å². The molecule has 1 fully saturated rings. The molecule has 0 saturated carbocycles. The van der Waals surface area contributed by atoms with E-state index < -0.39 is 0 Å². The van der Waals surface area contributed by atoms with Crippen molar-refractivity contribution in [1.82, 2.24) is 5.32 Å². The number of benzene rings is 3. The molecule has 2 unspecified atom stereocenters. The first kappa shape index (κ1) is 29.9. The van der Waals surface area contributed by atoms with Gasteiger partial charge in [0.1, 0.15) is 5.82 Å². The number of nitrogen functional groups attached to an aromatic ring is 1. The van der Waals surface area contributed by atoms with Gasteiger partial charge in [0, 0.05) is 52.3 Å². The molecule has 1 heterocycles. The number of hydrogen-bond acceptors (Lipinski definition) is 4. The van der Waals surface area contributed by atoms with Gasteiger partial charge < -0.3 is 16.0 Å². The van der Waals surface area contributed by atoms with Crippen LogP contribution in [-0.4, -0.2) is 23.7 Å². The highest BCUT2D eigenvalue weighted by molar-refractivity contribution is 6.15. The number of nitrogens with two attached hydrogens (primary N) is 1. The van der Waals surface area contributed by atoms with Gasteiger partial charge in [-0.2, -0.15) is 0 Å². The normalized spacial score (nSPS) is 16.5. The first-order valence-corrected chi connectivity index (χ1v) is 14.0. The van der Waals surface area contributed by atoms with Crippen LogP contribution in [0.5, 0.6) is 0 Å². The van der Waals surface area contributed by atoms with Crippen molar-refractivity contribution in [3.63, 3.8) is 0 Å². The van der Waals surface area contributed by atoms with Crippen LogP contribution >= 0.6 is 0 Å². The number of hydrogen-bond donors (Lipinski definition) is 3. The van der Waals surface area contributed by atoms with Gasteiger partial charge in [0.15, 0.2) is 0 Å². The molecule has 3 aromatic rings. The van der Waals surface area contributed by atoms with Crippen LogP contribution in [0, 0.1) is 17.1 Å². The van der Waals surface area contributed by atoms with E-state index in [-0.39, 0.29) is 24.0 Å². The number of nitrogens with one attached hydrogen (secondary N) is 2. The summed E-state index contributed by atoms with van der Waals surface area (Å²) < 4.78 is 13.9. The van der Waals surface area contributed by atoms with Gasteiger partial charge in [-0.3, -0.25) is 10.2 Å². The van der Waals surface area contributed by atoms with Crippen molar-refractivity contribution in [2.24, 2.45) is 5.92 Å². The number of anilines is 2. The van der Waals surface area contributed by atoms with E-state index in [1.54, 1.807) is 36.4 Å². The maximum atomic E-state index is 13.9. The number of halogens is 1. The fourth-order valence-corrected chi connectivity index (χ4v) is 4.97. The van der Waals surface area contributed by atoms with Crippen molar-refractivity contribution in [3.05, 3.63) is 94.8 Å². The summed E-state index contributed by atoms with van der Waals surface area (Å²) in [5.74, 6) is 0.128. The van der Waals surface area contributed by atoms with E-state index in [1.807, 2.05) is 12.1 Å². The van der Waals surface area contributed by atoms with Crippen molar-refractivity contribution >= 4 is 23.0 Å². The van der Waals surface area contributed by atoms with E-state index in [0.29, 0.717) is 34.5 Å². The fourth-order valence-electron chi connectivity index (χ4n) is 4.97. The number of amides is 1. The zero-order valence-electron chi connectivity index (χ0n) is 23.9. The zero-order valence-corrected chi connectivity index (χ0v) is 23.9. The molecule has 4 rings (SSSR count). The molecule has 1 aliphatic rings. The lowest BCUT2D eigenvalue weighted by molar-refractivity contribution is 0.0950. The zero-order chi connectivity index (χ0) is 28.5. The summed E-state index contributed by atoms with van der Waals surface area (Å²) in [5, 5.41) is 11.5. The Bertz CT molecular complexity index is 1240. The number of nitrogens with zero attached hydrogens (tertiary/aromatic N) is 1. The SMILES string of the molecule is CC(C)C.CCC1CCC(CC)N1c1ccc(C(=N)c2cc(C(=O)NCc3ccccc3F)ccc2N)cc1. The molecule has 39 heavy (non-hydrogen) atoms. The molecule has 1 amide bonds. The Morgan fingerprint density at radius 3 is 2.10 bits per heavy atom. The summed E-state index contributed by atoms with van der Waals surface area (Å²) in [6.45, 7) is 11.1. The van der Waals surface area contributed by atoms with Crippen molar-refractivity contribution < 1.29 is 9.18 Å². The summed E-state index contributed by atoms with van der Waals surface area (Å²) in [7, 11) is 0. The molecule has 6 heteroatoms. The molecule has 0 radical (unpaired) electrons. The van der Waals surface area contributed by atoms with Crippen molar-refractivity contribution in [3.8, 4) is 0 Å². The van der Waals surface area contributed by atoms with E-state index in [4.69, 9.17) is 11.1 Å². The molecular formula is C33H43FN4O. The Morgan fingerprint density at radius 2 is 1.54 bits per heavy atom. The standard InChI is InChI=1S/C29H33FN4O.C4H10/c1-3-22-14-15-23(4-2)34(22)24-12-9-19(10-13-24)28(32)25-17-20(11-16-27(25)31)29(35)33-18-21-7-5-6-8-26(21)30;1-4(2)3/h5-13,16-17,22-23,32H,3-4,14-15,18,31H2,1-2H3,(H,33,35);4H,1-3H3. The third-order valence-corrected chi connectivity index (χ3v) is 7.00. The maximum absolute atomic E-state index is 13.9. The van der Waals surface area contributed by atoms with E-state index in [9.17, 15) is 9.18 Å². The van der Waals surface area contributed by atoms with Gasteiger partial charge in [0.25, 0.3) is 5.91 Å². The Morgan fingerprint density at radius 1 is 0.974 bits per heavy atom. The molecule has 1 saturated heterocycles. The molecule has 2 atom stereocenters. The Balaban J connectivity index is 0.000000983. The van der Waals surface area contributed by atoms with E-state index in [2.05, 4.69) is 57.0 Å². The molecule has 0 spiro atoms. The molecule has 208 valence electrons. The monoisotopic (exact) mass is 530 g/mol. The largest absolute Gasteiger partial charge is 0.398 e. The Labute approximate surface area is 233 Å². The van der Waals surface area contributed by atoms with Gasteiger partial charge in [0.2, 0.25) is 0 Å². The summed E-state index contributed by atoms with van der Waals surface area (Å²) in [6.07, 6.45) is 4.68. The molecule has 3 aromatic carbocycles. The molecule has 1 aliphatic heterocycles. The average molecular weight is 531 g/mol. The summed E-state index contributed by atoms with van der Waals surface area (Å²) in [5.41, 5.74) is 10.1. The lowest BCUT2D eigenvalue weighted by Gasteiger charge is -2.32. The Hall–Kier alpha value is -3.67. The number of carbonyl (C=O) groups is 1. The van der Waals surface area contributed by atoms with Gasteiger partial charge in [-0.05, 0) is 68.0 Å². The van der Waals surface area contributed by atoms with Crippen molar-refractivity contribution in [1.29, 1.82) is 5.41 Å². The molecular weight excluding hydrogens is 487 g/mol. The molecule has 0 aliphatic carbocycles. The highest BCUT2D eigenvalue weighted by atomic mass is 19.1. The van der Waals surface area contributed by atoms with Crippen LogP contribution in [0.4, 0.5) is 15.8 Å². The number of rotatable bonds is 8. The Kier molecular flexibility index (Phi) is 10.7. The number of carbonyl (C=O) groups excluding carboxylic acids is 1. The highest BCUT2D eigenvalue weighted by Gasteiger charge is 2.31. The minimum Gasteiger partial charge on any atom is -0.398 e. The fraction of sp³-hybridized carbons (Fsp3) is 0.394. The summed E-state index contributed by atoms with van der Waals surface area (Å²) >= 11 is 0. The third-order valence-electron chi connectivity index (χ3n) is 7.00.